The van der Waals surface area contributed by atoms with Crippen molar-refractivity contribution in [2.24, 2.45) is 0 Å². The molecule has 0 aliphatic heterocycles. The SMILES string of the molecule is CCn1ncc(Cl)c1-c1ccoc1. The highest BCUT2D eigenvalue weighted by atomic mass is 35.5. The summed E-state index contributed by atoms with van der Waals surface area (Å²) in [5.74, 6) is 0. The van der Waals surface area contributed by atoms with Gasteiger partial charge >= 0.3 is 0 Å². The zero-order valence-corrected chi connectivity index (χ0v) is 7.95. The normalized spacial score (nSPS) is 10.6. The number of furan rings is 1. The van der Waals surface area contributed by atoms with Crippen molar-refractivity contribution < 1.29 is 4.42 Å². The van der Waals surface area contributed by atoms with Crippen molar-refractivity contribution in [1.82, 2.24) is 9.78 Å². The fourth-order valence-corrected chi connectivity index (χ4v) is 1.54. The van der Waals surface area contributed by atoms with Gasteiger partial charge in [-0.05, 0) is 13.0 Å². The van der Waals surface area contributed by atoms with E-state index in [4.69, 9.17) is 16.0 Å². The van der Waals surface area contributed by atoms with Crippen LogP contribution in [-0.2, 0) is 6.54 Å². The molecule has 0 atom stereocenters. The molecule has 0 saturated carbocycles. The number of hydrogen-bond donors (Lipinski definition) is 0. The van der Waals surface area contributed by atoms with E-state index < -0.39 is 0 Å². The predicted octanol–water partition coefficient (Wildman–Crippen LogP) is 2.82. The predicted molar refractivity (Wildman–Crippen MR) is 50.6 cm³/mol. The van der Waals surface area contributed by atoms with Crippen LogP contribution in [-0.4, -0.2) is 9.78 Å². The van der Waals surface area contributed by atoms with Crippen molar-refractivity contribution in [3.05, 3.63) is 29.8 Å². The lowest BCUT2D eigenvalue weighted by Crippen LogP contribution is -1.97. The number of nitrogens with zero attached hydrogens (tertiary/aromatic N) is 2. The number of aryl methyl sites for hydroxylation is 1. The Hall–Kier alpha value is -1.22. The summed E-state index contributed by atoms with van der Waals surface area (Å²) in [6, 6.07) is 1.87. The maximum atomic E-state index is 5.99. The molecular weight excluding hydrogens is 188 g/mol. The van der Waals surface area contributed by atoms with Gasteiger partial charge < -0.3 is 4.42 Å². The monoisotopic (exact) mass is 196 g/mol. The topological polar surface area (TPSA) is 31.0 Å². The molecule has 0 spiro atoms. The van der Waals surface area contributed by atoms with Gasteiger partial charge in [-0.2, -0.15) is 5.10 Å². The first-order valence-corrected chi connectivity index (χ1v) is 4.44. The van der Waals surface area contributed by atoms with E-state index in [1.54, 1.807) is 18.7 Å². The van der Waals surface area contributed by atoms with Gasteiger partial charge in [0.25, 0.3) is 0 Å². The van der Waals surface area contributed by atoms with Crippen LogP contribution in [0, 0.1) is 0 Å². The number of rotatable bonds is 2. The van der Waals surface area contributed by atoms with Crippen LogP contribution in [0.15, 0.2) is 29.2 Å². The van der Waals surface area contributed by atoms with Crippen LogP contribution < -0.4 is 0 Å². The molecule has 3 nitrogen and oxygen atoms in total. The quantitative estimate of drug-likeness (QED) is 0.740. The van der Waals surface area contributed by atoms with E-state index in [0.717, 1.165) is 17.8 Å². The third-order valence-electron chi connectivity index (χ3n) is 1.89. The Bertz CT molecular complexity index is 392. The highest BCUT2D eigenvalue weighted by molar-refractivity contribution is 6.33. The Kier molecular flexibility index (Phi) is 2.10. The molecule has 0 N–H and O–H groups in total. The summed E-state index contributed by atoms with van der Waals surface area (Å²) in [6.07, 6.45) is 4.93. The number of halogens is 1. The fraction of sp³-hybridized carbons (Fsp3) is 0.222. The summed E-state index contributed by atoms with van der Waals surface area (Å²) in [5, 5.41) is 4.79. The fourth-order valence-electron chi connectivity index (χ4n) is 1.29. The molecule has 0 amide bonds. The summed E-state index contributed by atoms with van der Waals surface area (Å²) in [7, 11) is 0. The van der Waals surface area contributed by atoms with Crippen molar-refractivity contribution in [3.63, 3.8) is 0 Å². The molecule has 0 aliphatic rings. The largest absolute Gasteiger partial charge is 0.472 e. The van der Waals surface area contributed by atoms with E-state index in [0.29, 0.717) is 5.02 Å². The molecule has 68 valence electrons. The molecule has 4 heteroatoms. The molecule has 0 radical (unpaired) electrons. The van der Waals surface area contributed by atoms with Crippen molar-refractivity contribution >= 4 is 11.6 Å². The molecule has 0 bridgehead atoms. The van der Waals surface area contributed by atoms with Crippen LogP contribution in [0.5, 0.6) is 0 Å². The summed E-state index contributed by atoms with van der Waals surface area (Å²) in [5.41, 5.74) is 1.88. The third-order valence-corrected chi connectivity index (χ3v) is 2.17. The first-order valence-electron chi connectivity index (χ1n) is 4.06. The molecule has 2 aromatic heterocycles. The van der Waals surface area contributed by atoms with E-state index in [1.165, 1.54) is 0 Å². The summed E-state index contributed by atoms with van der Waals surface area (Å²) < 4.78 is 6.83. The van der Waals surface area contributed by atoms with Crippen LogP contribution in [0.4, 0.5) is 0 Å². The van der Waals surface area contributed by atoms with Gasteiger partial charge in [0.15, 0.2) is 0 Å². The van der Waals surface area contributed by atoms with E-state index in [2.05, 4.69) is 5.10 Å². The average molecular weight is 197 g/mol. The summed E-state index contributed by atoms with van der Waals surface area (Å²) in [6.45, 7) is 2.82. The van der Waals surface area contributed by atoms with Gasteiger partial charge in [-0.3, -0.25) is 4.68 Å². The van der Waals surface area contributed by atoms with Gasteiger partial charge in [0, 0.05) is 12.1 Å². The summed E-state index contributed by atoms with van der Waals surface area (Å²) in [4.78, 5) is 0. The minimum atomic E-state index is 0.656. The Labute approximate surface area is 80.9 Å². The first-order chi connectivity index (χ1) is 6.33. The molecule has 0 saturated heterocycles. The van der Waals surface area contributed by atoms with Gasteiger partial charge in [-0.15, -0.1) is 0 Å². The van der Waals surface area contributed by atoms with Gasteiger partial charge in [-0.25, -0.2) is 0 Å². The lowest BCUT2D eigenvalue weighted by molar-refractivity contribution is 0.567. The van der Waals surface area contributed by atoms with Crippen LogP contribution in [0.25, 0.3) is 11.3 Å². The van der Waals surface area contributed by atoms with E-state index >= 15 is 0 Å². The second-order valence-corrected chi connectivity index (χ2v) is 3.08. The Morgan fingerprint density at radius 2 is 2.46 bits per heavy atom. The lowest BCUT2D eigenvalue weighted by Gasteiger charge is -2.01. The minimum Gasteiger partial charge on any atom is -0.472 e. The highest BCUT2D eigenvalue weighted by Gasteiger charge is 2.10. The average Bonchev–Trinajstić information content (AvgIpc) is 2.72. The van der Waals surface area contributed by atoms with Gasteiger partial charge in [-0.1, -0.05) is 11.6 Å². The second-order valence-electron chi connectivity index (χ2n) is 2.67. The second kappa shape index (κ2) is 3.26. The molecule has 0 aromatic carbocycles. The van der Waals surface area contributed by atoms with Crippen molar-refractivity contribution in [1.29, 1.82) is 0 Å². The molecule has 2 aromatic rings. The third kappa shape index (κ3) is 1.35. The Balaban J connectivity index is 2.55. The van der Waals surface area contributed by atoms with Gasteiger partial charge in [0.2, 0.25) is 0 Å². The lowest BCUT2D eigenvalue weighted by atomic mass is 10.2. The first kappa shape index (κ1) is 8.38. The Morgan fingerprint density at radius 3 is 3.08 bits per heavy atom. The van der Waals surface area contributed by atoms with Crippen molar-refractivity contribution in [3.8, 4) is 11.3 Å². The standard InChI is InChI=1S/C9H9ClN2O/c1-2-12-9(8(10)5-11-12)7-3-4-13-6-7/h3-6H,2H2,1H3. The molecule has 0 fully saturated rings. The van der Waals surface area contributed by atoms with Crippen LogP contribution in [0.2, 0.25) is 5.02 Å². The molecule has 2 heterocycles. The van der Waals surface area contributed by atoms with Crippen molar-refractivity contribution in [2.75, 3.05) is 0 Å². The highest BCUT2D eigenvalue weighted by Crippen LogP contribution is 2.27. The van der Waals surface area contributed by atoms with Crippen LogP contribution >= 0.6 is 11.6 Å². The number of hydrogen-bond acceptors (Lipinski definition) is 2. The zero-order valence-electron chi connectivity index (χ0n) is 7.20. The minimum absolute atomic E-state index is 0.656. The maximum absolute atomic E-state index is 5.99. The number of aromatic nitrogens is 2. The molecule has 0 aliphatic carbocycles. The smallest absolute Gasteiger partial charge is 0.0997 e. The van der Waals surface area contributed by atoms with Crippen LogP contribution in [0.3, 0.4) is 0 Å². The van der Waals surface area contributed by atoms with Crippen molar-refractivity contribution in [2.45, 2.75) is 13.5 Å². The maximum Gasteiger partial charge on any atom is 0.0997 e. The molecule has 2 rings (SSSR count). The molecule has 13 heavy (non-hydrogen) atoms. The zero-order chi connectivity index (χ0) is 9.26. The van der Waals surface area contributed by atoms with Gasteiger partial charge in [0.05, 0.1) is 29.4 Å². The van der Waals surface area contributed by atoms with E-state index in [-0.39, 0.29) is 0 Å². The molecule has 0 unspecified atom stereocenters. The molecular formula is C9H9ClN2O. The van der Waals surface area contributed by atoms with Crippen LogP contribution in [0.1, 0.15) is 6.92 Å². The van der Waals surface area contributed by atoms with Gasteiger partial charge in [0.1, 0.15) is 0 Å². The van der Waals surface area contributed by atoms with E-state index in [9.17, 15) is 0 Å². The summed E-state index contributed by atoms with van der Waals surface area (Å²) >= 11 is 5.99. The van der Waals surface area contributed by atoms with E-state index in [1.807, 2.05) is 17.7 Å². The Morgan fingerprint density at radius 1 is 1.62 bits per heavy atom.